The molecule has 212 valence electrons. The molecule has 0 saturated carbocycles. The Bertz CT molecular complexity index is 1380. The number of phenolic OH excluding ortho intramolecular Hbond substituents is 4. The van der Waals surface area contributed by atoms with E-state index < -0.39 is 0 Å². The van der Waals surface area contributed by atoms with E-state index in [0.717, 1.165) is 44.5 Å². The van der Waals surface area contributed by atoms with Crippen molar-refractivity contribution in [2.24, 2.45) is 0 Å². The van der Waals surface area contributed by atoms with Gasteiger partial charge in [0.1, 0.15) is 23.0 Å². The average Bonchev–Trinajstić information content (AvgIpc) is 2.88. The predicted octanol–water partition coefficient (Wildman–Crippen LogP) is 8.70. The summed E-state index contributed by atoms with van der Waals surface area (Å²) in [5, 5.41) is 39.2. The zero-order valence-corrected chi connectivity index (χ0v) is 25.6. The lowest BCUT2D eigenvalue weighted by Gasteiger charge is -2.28. The van der Waals surface area contributed by atoms with Crippen LogP contribution < -0.4 is 0 Å². The van der Waals surface area contributed by atoms with Crippen LogP contribution in [0, 0.1) is 41.5 Å². The van der Waals surface area contributed by atoms with E-state index in [9.17, 15) is 20.4 Å². The van der Waals surface area contributed by atoms with E-state index in [-0.39, 0.29) is 10.8 Å². The van der Waals surface area contributed by atoms with Crippen molar-refractivity contribution in [1.82, 2.24) is 0 Å². The fourth-order valence-electron chi connectivity index (χ4n) is 5.06. The highest BCUT2D eigenvalue weighted by molar-refractivity contribution is 5.51. The van der Waals surface area contributed by atoms with Crippen molar-refractivity contribution in [1.29, 1.82) is 0 Å². The van der Waals surface area contributed by atoms with E-state index in [1.54, 1.807) is 12.1 Å². The molecular weight excluding hydrogens is 496 g/mol. The lowest BCUT2D eigenvalue weighted by atomic mass is 9.76. The molecule has 0 radical (unpaired) electrons. The van der Waals surface area contributed by atoms with Crippen LogP contribution in [0.3, 0.4) is 0 Å². The van der Waals surface area contributed by atoms with E-state index in [0.29, 0.717) is 23.0 Å². The fraction of sp³-hybridized carbons (Fsp3) is 0.333. The van der Waals surface area contributed by atoms with Gasteiger partial charge < -0.3 is 20.4 Å². The Kier molecular flexibility index (Phi) is 8.64. The van der Waals surface area contributed by atoms with Gasteiger partial charge in [-0.3, -0.25) is 0 Å². The van der Waals surface area contributed by atoms with Crippen molar-refractivity contribution in [3.63, 3.8) is 0 Å². The van der Waals surface area contributed by atoms with Crippen molar-refractivity contribution in [2.45, 2.75) is 80.1 Å². The third kappa shape index (κ3) is 6.12. The van der Waals surface area contributed by atoms with Gasteiger partial charge in [0.25, 0.3) is 0 Å². The van der Waals surface area contributed by atoms with Gasteiger partial charge in [-0.2, -0.15) is 0 Å². The van der Waals surface area contributed by atoms with Crippen LogP contribution in [0.1, 0.15) is 83.3 Å². The smallest absolute Gasteiger partial charge is 0.121 e. The quantitative estimate of drug-likeness (QED) is 0.209. The second-order valence-corrected chi connectivity index (χ2v) is 12.2. The number of hydrogen-bond donors (Lipinski definition) is 4. The zero-order chi connectivity index (χ0) is 30.2. The van der Waals surface area contributed by atoms with Crippen LogP contribution >= 0.6 is 0 Å². The predicted molar refractivity (Wildman–Crippen MR) is 165 cm³/mol. The van der Waals surface area contributed by atoms with Crippen molar-refractivity contribution in [3.8, 4) is 23.0 Å². The highest BCUT2D eigenvalue weighted by atomic mass is 16.3. The van der Waals surface area contributed by atoms with E-state index in [1.165, 1.54) is 11.1 Å². The van der Waals surface area contributed by atoms with Crippen LogP contribution in [0.2, 0.25) is 0 Å². The Balaban J connectivity index is 0.000000222. The SMILES string of the molecule is Cc1cc(C(C)(C)c2cc(C)c(O)c(C)c2)cc(C)c1O.Cc1cc(C(C)(C)c2ccc(O)c(C)c2)ccc1O. The summed E-state index contributed by atoms with van der Waals surface area (Å²) in [5.74, 6) is 1.38. The van der Waals surface area contributed by atoms with Gasteiger partial charge in [0.15, 0.2) is 0 Å². The number of phenols is 4. The van der Waals surface area contributed by atoms with E-state index in [2.05, 4.69) is 27.7 Å². The van der Waals surface area contributed by atoms with Gasteiger partial charge in [0.05, 0.1) is 0 Å². The van der Waals surface area contributed by atoms with Crippen molar-refractivity contribution >= 4 is 0 Å². The minimum Gasteiger partial charge on any atom is -0.508 e. The molecule has 0 fully saturated rings. The van der Waals surface area contributed by atoms with Crippen LogP contribution in [0.15, 0.2) is 60.7 Å². The van der Waals surface area contributed by atoms with Gasteiger partial charge in [0.2, 0.25) is 0 Å². The Morgan fingerprint density at radius 1 is 0.375 bits per heavy atom. The summed E-state index contributed by atoms with van der Waals surface area (Å²) in [5.41, 5.74) is 9.59. The molecule has 4 nitrogen and oxygen atoms in total. The lowest BCUT2D eigenvalue weighted by molar-refractivity contribution is 0.464. The normalized spacial score (nSPS) is 11.7. The molecule has 4 rings (SSSR count). The number of aryl methyl sites for hydroxylation is 6. The summed E-state index contributed by atoms with van der Waals surface area (Å²) < 4.78 is 0. The maximum absolute atomic E-state index is 9.96. The second kappa shape index (κ2) is 11.3. The van der Waals surface area contributed by atoms with Crippen LogP contribution in [-0.2, 0) is 10.8 Å². The maximum atomic E-state index is 9.96. The zero-order valence-electron chi connectivity index (χ0n) is 25.6. The molecule has 40 heavy (non-hydrogen) atoms. The first-order valence-electron chi connectivity index (χ1n) is 13.7. The van der Waals surface area contributed by atoms with Gasteiger partial charge >= 0.3 is 0 Å². The minimum atomic E-state index is -0.188. The molecule has 0 atom stereocenters. The molecule has 0 heterocycles. The summed E-state index contributed by atoms with van der Waals surface area (Å²) in [6.07, 6.45) is 0. The molecule has 0 unspecified atom stereocenters. The molecule has 0 amide bonds. The molecule has 0 aromatic heterocycles. The van der Waals surface area contributed by atoms with Gasteiger partial charge in [-0.05, 0) is 109 Å². The first kappa shape index (κ1) is 30.6. The minimum absolute atomic E-state index is 0.170. The molecule has 4 aromatic carbocycles. The van der Waals surface area contributed by atoms with E-state index in [1.807, 2.05) is 90.1 Å². The van der Waals surface area contributed by atoms with Crippen LogP contribution in [0.25, 0.3) is 0 Å². The number of aromatic hydroxyl groups is 4. The summed E-state index contributed by atoms with van der Waals surface area (Å²) in [6, 6.07) is 19.6. The van der Waals surface area contributed by atoms with Crippen LogP contribution in [-0.4, -0.2) is 20.4 Å². The summed E-state index contributed by atoms with van der Waals surface area (Å²) in [4.78, 5) is 0. The first-order valence-corrected chi connectivity index (χ1v) is 13.7. The summed E-state index contributed by atoms with van der Waals surface area (Å²) in [7, 11) is 0. The van der Waals surface area contributed by atoms with Gasteiger partial charge in [-0.15, -0.1) is 0 Å². The molecule has 0 spiro atoms. The average molecular weight is 541 g/mol. The summed E-state index contributed by atoms with van der Waals surface area (Å²) in [6.45, 7) is 20.1. The highest BCUT2D eigenvalue weighted by Gasteiger charge is 2.26. The van der Waals surface area contributed by atoms with Gasteiger partial charge in [-0.1, -0.05) is 76.2 Å². The summed E-state index contributed by atoms with van der Waals surface area (Å²) >= 11 is 0. The third-order valence-corrected chi connectivity index (χ3v) is 8.26. The molecule has 0 bridgehead atoms. The third-order valence-electron chi connectivity index (χ3n) is 8.26. The fourth-order valence-corrected chi connectivity index (χ4v) is 5.06. The Morgan fingerprint density at radius 2 is 0.625 bits per heavy atom. The van der Waals surface area contributed by atoms with Crippen LogP contribution in [0.5, 0.6) is 23.0 Å². The van der Waals surface area contributed by atoms with Gasteiger partial charge in [0, 0.05) is 10.8 Å². The first-order chi connectivity index (χ1) is 18.5. The van der Waals surface area contributed by atoms with E-state index in [4.69, 9.17) is 0 Å². The number of rotatable bonds is 4. The van der Waals surface area contributed by atoms with Crippen molar-refractivity contribution in [3.05, 3.63) is 116 Å². The largest absolute Gasteiger partial charge is 0.508 e. The standard InChI is InChI=1S/C19H24O2.C17H20O2/c1-11-7-15(8-12(2)17(11)20)19(5,6)16-9-13(3)18(21)14(4)10-16;1-11-9-13(5-7-15(11)18)17(3,4)14-6-8-16(19)12(2)10-14/h7-10,20-21H,1-6H3;5-10,18-19H,1-4H3. The molecular formula is C36H44O4. The molecule has 0 aliphatic carbocycles. The molecule has 4 heteroatoms. The Hall–Kier alpha value is -3.92. The van der Waals surface area contributed by atoms with Crippen LogP contribution in [0.4, 0.5) is 0 Å². The number of benzene rings is 4. The molecule has 0 saturated heterocycles. The molecule has 4 aromatic rings. The molecule has 4 N–H and O–H groups in total. The maximum Gasteiger partial charge on any atom is 0.121 e. The monoisotopic (exact) mass is 540 g/mol. The molecule has 0 aliphatic rings. The molecule has 0 aliphatic heterocycles. The Morgan fingerprint density at radius 3 is 0.900 bits per heavy atom. The topological polar surface area (TPSA) is 80.9 Å². The van der Waals surface area contributed by atoms with Crippen molar-refractivity contribution < 1.29 is 20.4 Å². The Labute approximate surface area is 239 Å². The van der Waals surface area contributed by atoms with Gasteiger partial charge in [-0.25, -0.2) is 0 Å². The van der Waals surface area contributed by atoms with Crippen molar-refractivity contribution in [2.75, 3.05) is 0 Å². The number of hydrogen-bond acceptors (Lipinski definition) is 4. The van der Waals surface area contributed by atoms with E-state index >= 15 is 0 Å². The second-order valence-electron chi connectivity index (χ2n) is 12.2. The lowest BCUT2D eigenvalue weighted by Crippen LogP contribution is -2.19. The highest BCUT2D eigenvalue weighted by Crippen LogP contribution is 2.38.